The van der Waals surface area contributed by atoms with Gasteiger partial charge in [-0.2, -0.15) is 0 Å². The van der Waals surface area contributed by atoms with E-state index in [1.165, 1.54) is 49.4 Å². The van der Waals surface area contributed by atoms with E-state index < -0.39 is 68.0 Å². The predicted molar refractivity (Wildman–Crippen MR) is 370 cm³/mol. The van der Waals surface area contributed by atoms with Crippen molar-refractivity contribution in [1.82, 2.24) is 0 Å². The molecule has 3 aliphatic heterocycles. The molecule has 3 amide bonds. The summed E-state index contributed by atoms with van der Waals surface area (Å²) in [6, 6.07) is 64.9. The Morgan fingerprint density at radius 3 is 0.941 bits per heavy atom. The second kappa shape index (κ2) is 35.7. The fraction of sp³-hybridized carbons (Fsp3) is 0.117. The van der Waals surface area contributed by atoms with E-state index in [2.05, 4.69) is 15.9 Å². The van der Waals surface area contributed by atoms with Crippen molar-refractivity contribution in [2.75, 3.05) is 50.2 Å². The second-order valence-corrected chi connectivity index (χ2v) is 22.0. The minimum atomic E-state index is -1.44. The third kappa shape index (κ3) is 17.1. The van der Waals surface area contributed by atoms with Crippen molar-refractivity contribution in [1.29, 1.82) is 0 Å². The van der Waals surface area contributed by atoms with E-state index >= 15 is 0 Å². The Labute approximate surface area is 586 Å². The molecule has 0 spiro atoms. The Bertz CT molecular complexity index is 4570. The van der Waals surface area contributed by atoms with Crippen molar-refractivity contribution < 1.29 is 100 Å². The molecule has 3 saturated heterocycles. The number of hydrogen-bond donors (Lipinski definition) is 5. The summed E-state index contributed by atoms with van der Waals surface area (Å²) in [7, 11) is 7.47. The average molecular weight is 1410 g/mol. The van der Waals surface area contributed by atoms with Crippen LogP contribution in [0.1, 0.15) is 73.0 Å². The molecule has 24 heteroatoms. The zero-order valence-electron chi connectivity index (χ0n) is 54.9. The number of carbonyl (C=O) groups is 7. The van der Waals surface area contributed by atoms with Gasteiger partial charge in [-0.25, -0.2) is 5.90 Å². The van der Waals surface area contributed by atoms with Gasteiger partial charge in [-0.05, 0) is 149 Å². The van der Waals surface area contributed by atoms with E-state index in [-0.39, 0.29) is 40.6 Å². The van der Waals surface area contributed by atoms with Crippen molar-refractivity contribution >= 4 is 81.9 Å². The molecule has 6 N–H and O–H groups in total. The Morgan fingerprint density at radius 2 is 0.693 bits per heavy atom. The number of methoxy groups -OCH3 is 3. The van der Waals surface area contributed by atoms with Crippen LogP contribution in [0.4, 0.5) is 17.1 Å². The minimum absolute atomic E-state index is 0.000769. The van der Waals surface area contributed by atoms with E-state index in [1.807, 2.05) is 66.7 Å². The van der Waals surface area contributed by atoms with E-state index in [4.69, 9.17) is 26.7 Å². The van der Waals surface area contributed by atoms with Crippen molar-refractivity contribution in [3.05, 3.63) is 303 Å². The molecular formula is C77H67MnN5O18. The Balaban J connectivity index is 0.000000185. The number of rotatable bonds is 16. The first kappa shape index (κ1) is 74.4. The molecule has 0 saturated carbocycles. The van der Waals surface area contributed by atoms with Gasteiger partial charge in [0.25, 0.3) is 35.1 Å². The van der Waals surface area contributed by atoms with Crippen LogP contribution in [-0.2, 0) is 67.5 Å². The summed E-state index contributed by atoms with van der Waals surface area (Å²) in [6.07, 6.45) is 2.24. The number of hydrogen-bond acceptors (Lipinski definition) is 20. The molecule has 0 aliphatic carbocycles. The topological polar surface area (TPSA) is 329 Å². The molecule has 0 aromatic heterocycles. The number of aliphatic hydroxyl groups is 4. The number of ether oxygens (including phenoxy) is 3. The maximum atomic E-state index is 13.2. The van der Waals surface area contributed by atoms with E-state index in [1.54, 1.807) is 177 Å². The van der Waals surface area contributed by atoms with Gasteiger partial charge in [0.15, 0.2) is 0 Å². The number of oxime groups is 1. The van der Waals surface area contributed by atoms with Crippen LogP contribution in [-0.4, -0.2) is 104 Å². The van der Waals surface area contributed by atoms with Gasteiger partial charge in [-0.3, -0.25) is 48.3 Å². The van der Waals surface area contributed by atoms with Crippen LogP contribution in [0.5, 0.6) is 17.2 Å². The van der Waals surface area contributed by atoms with E-state index in [0.29, 0.717) is 85.1 Å². The Morgan fingerprint density at radius 1 is 0.426 bits per heavy atom. The van der Waals surface area contributed by atoms with Crippen LogP contribution in [0, 0.1) is 0 Å². The number of Topliss-reactive ketones (excluding diaryl/α,β-unsaturated/α-hetero) is 3. The standard InChI is InChI=1S/C26H22N2O5.C25H21NO5.C25H19NO5.CH5NO.Mn.2O/c1-32-21-14-10-19(11-15-21)24(29)22-23(18-6-4-3-5-7-18)28(26(31)25(22)30)20-12-8-17(9-13-20)16-27-33-2;2*1-31-20-13-9-18(10-14-20)23(28)21-22(17-5-3-2-4-6-17)26(25(30)24(21)29)19-11-7-16(15-27)8-12-19;1-3-2;;;/h3-16,23,29H,1-2H3;2-14,22,27-28H,15H2,1H3;2-15,22,28H,1H3;2H2,1H3;;;/b24-22?,27-16+;;;;;;. The van der Waals surface area contributed by atoms with Gasteiger partial charge in [0.2, 0.25) is 0 Å². The third-order valence-electron chi connectivity index (χ3n) is 16.0. The zero-order chi connectivity index (χ0) is 72.7. The van der Waals surface area contributed by atoms with Gasteiger partial charge < -0.3 is 44.3 Å². The van der Waals surface area contributed by atoms with E-state index in [9.17, 15) is 54.0 Å². The molecule has 3 heterocycles. The molecule has 3 unspecified atom stereocenters. The summed E-state index contributed by atoms with van der Waals surface area (Å²) in [4.78, 5) is 102. The van der Waals surface area contributed by atoms with Gasteiger partial charge in [0, 0.05) is 39.3 Å². The van der Waals surface area contributed by atoms with Gasteiger partial charge in [0.05, 0.1) is 76.1 Å². The third-order valence-corrected chi connectivity index (χ3v) is 16.0. The first-order chi connectivity index (χ1) is 49.0. The molecule has 9 aromatic rings. The van der Waals surface area contributed by atoms with Crippen LogP contribution >= 0.6 is 0 Å². The number of carbonyl (C=O) groups excluding carboxylic acids is 7. The van der Waals surface area contributed by atoms with Gasteiger partial charge in [0.1, 0.15) is 47.9 Å². The molecule has 101 heavy (non-hydrogen) atoms. The van der Waals surface area contributed by atoms with Crippen LogP contribution in [0.25, 0.3) is 17.3 Å². The Kier molecular flexibility index (Phi) is 26.3. The molecular weight excluding hydrogens is 1340 g/mol. The summed E-state index contributed by atoms with van der Waals surface area (Å²) in [5.41, 5.74) is 6.75. The number of nitrogens with zero attached hydrogens (tertiary/aromatic N) is 4. The quantitative estimate of drug-likeness (QED) is 0.0114. The summed E-state index contributed by atoms with van der Waals surface area (Å²) in [5.74, 6) is 0.969. The van der Waals surface area contributed by atoms with Gasteiger partial charge >= 0.3 is 22.5 Å². The van der Waals surface area contributed by atoms with Crippen molar-refractivity contribution in [2.24, 2.45) is 11.1 Å². The van der Waals surface area contributed by atoms with Crippen molar-refractivity contribution in [3.63, 3.8) is 0 Å². The maximum absolute atomic E-state index is 13.2. The summed E-state index contributed by atoms with van der Waals surface area (Å²) in [5, 5.41) is 46.3. The number of benzene rings is 9. The first-order valence-electron chi connectivity index (χ1n) is 30.5. The molecule has 9 aromatic carbocycles. The number of nitrogens with two attached hydrogens (primary N) is 1. The van der Waals surface area contributed by atoms with Crippen molar-refractivity contribution in [3.8, 4) is 17.2 Å². The number of amides is 3. The van der Waals surface area contributed by atoms with Gasteiger partial charge in [-0.1, -0.05) is 120 Å². The molecule has 0 bridgehead atoms. The fourth-order valence-electron chi connectivity index (χ4n) is 11.2. The number of aldehydes is 1. The molecule has 0 radical (unpaired) electrons. The van der Waals surface area contributed by atoms with Crippen LogP contribution in [0.15, 0.2) is 258 Å². The van der Waals surface area contributed by atoms with Crippen LogP contribution in [0.3, 0.4) is 0 Å². The van der Waals surface area contributed by atoms with E-state index in [0.717, 1.165) is 5.56 Å². The molecule has 12 rings (SSSR count). The van der Waals surface area contributed by atoms with Crippen molar-refractivity contribution in [2.45, 2.75) is 24.7 Å². The normalized spacial score (nSPS) is 16.9. The fourth-order valence-corrected chi connectivity index (χ4v) is 11.2. The van der Waals surface area contributed by atoms with Crippen LogP contribution < -0.4 is 34.8 Å². The molecule has 23 nitrogen and oxygen atoms in total. The number of ketones is 3. The summed E-state index contributed by atoms with van der Waals surface area (Å²) < 4.78 is 32.3. The second-order valence-electron chi connectivity index (χ2n) is 21.8. The number of aliphatic hydroxyl groups excluding tert-OH is 4. The number of anilines is 3. The monoisotopic (exact) mass is 1400 g/mol. The molecule has 3 atom stereocenters. The Hall–Kier alpha value is -12.4. The average Bonchev–Trinajstić information content (AvgIpc) is 1.62. The zero-order valence-corrected chi connectivity index (χ0v) is 56.0. The van der Waals surface area contributed by atoms with Gasteiger partial charge in [-0.15, -0.1) is 0 Å². The SMILES string of the molecule is CO/N=C/c1ccc(N2C(=O)C(=O)C(=C(O)c3ccc(OC)cc3)C2c2ccccc2)cc1.CON.COc1ccc(C(O)=C2C(=O)C(=O)N(c3ccc(C=O)cc3)C2c2ccccc2)cc1.COc1ccc(C(O)=C2C(=O)C(=O)N(c3ccc(CO)cc3)C2c2ccccc2)cc1.[O]=[Mn]=[O]. The molecule has 3 fully saturated rings. The summed E-state index contributed by atoms with van der Waals surface area (Å²) in [6.45, 7) is -0.126. The molecule has 3 aliphatic rings. The first-order valence-corrected chi connectivity index (χ1v) is 31.5. The van der Waals surface area contributed by atoms with Crippen LogP contribution in [0.2, 0.25) is 0 Å². The molecule has 515 valence electrons. The predicted octanol–water partition coefficient (Wildman–Crippen LogP) is 11.5. The summed E-state index contributed by atoms with van der Waals surface area (Å²) >= 11 is -1.44.